The minimum absolute atomic E-state index is 0.381. The molecule has 5 nitrogen and oxygen atoms in total. The number of hydrogen-bond acceptors (Lipinski definition) is 3. The van der Waals surface area contributed by atoms with Gasteiger partial charge in [0.05, 0.1) is 4.90 Å². The number of sulfonamides is 1. The Balaban J connectivity index is 1.62. The van der Waals surface area contributed by atoms with Crippen LogP contribution < -0.4 is 5.32 Å². The number of piperazine rings is 1. The number of nitrogens with one attached hydrogen (secondary N) is 1. The van der Waals surface area contributed by atoms with E-state index in [1.165, 1.54) is 18.4 Å². The summed E-state index contributed by atoms with van der Waals surface area (Å²) in [6, 6.07) is 7.88. The summed E-state index contributed by atoms with van der Waals surface area (Å²) < 4.78 is 27.3. The fraction of sp³-hybridized carbons (Fsp3) is 0.611. The lowest BCUT2D eigenvalue weighted by Crippen LogP contribution is -2.53. The minimum Gasteiger partial charge on any atom is -0.360 e. The van der Waals surface area contributed by atoms with Crippen molar-refractivity contribution in [3.05, 3.63) is 29.8 Å². The number of nitrogens with zero attached hydrogens (tertiary/aromatic N) is 2. The van der Waals surface area contributed by atoms with Crippen LogP contribution in [0.5, 0.6) is 0 Å². The second-order valence-corrected chi connectivity index (χ2v) is 9.32. The first-order chi connectivity index (χ1) is 11.9. The van der Waals surface area contributed by atoms with Crippen LogP contribution in [0.15, 0.2) is 29.2 Å². The van der Waals surface area contributed by atoms with Crippen LogP contribution in [0.3, 0.4) is 0 Å². The van der Waals surface area contributed by atoms with Crippen molar-refractivity contribution in [3.63, 3.8) is 0 Å². The topological polar surface area (TPSA) is 52.7 Å². The maximum atomic E-state index is 12.9. The zero-order valence-electron chi connectivity index (χ0n) is 14.9. The molecule has 0 unspecified atom stereocenters. The fourth-order valence-electron chi connectivity index (χ4n) is 2.98. The maximum absolute atomic E-state index is 12.9. The molecule has 2 fully saturated rings. The van der Waals surface area contributed by atoms with Gasteiger partial charge >= 0.3 is 0 Å². The highest BCUT2D eigenvalue weighted by Gasteiger charge is 2.30. The van der Waals surface area contributed by atoms with Crippen LogP contribution in [0.25, 0.3) is 0 Å². The van der Waals surface area contributed by atoms with Crippen LogP contribution >= 0.6 is 12.2 Å². The lowest BCUT2D eigenvalue weighted by molar-refractivity contribution is 0.264. The average Bonchev–Trinajstić information content (AvgIpc) is 3.45. The summed E-state index contributed by atoms with van der Waals surface area (Å²) in [5.41, 5.74) is 1.18. The zero-order chi connectivity index (χ0) is 18.0. The van der Waals surface area contributed by atoms with Gasteiger partial charge in [0.2, 0.25) is 10.0 Å². The van der Waals surface area contributed by atoms with Gasteiger partial charge in [-0.25, -0.2) is 8.42 Å². The van der Waals surface area contributed by atoms with Crippen LogP contribution in [0, 0.1) is 0 Å². The molecule has 1 aromatic carbocycles. The van der Waals surface area contributed by atoms with Gasteiger partial charge in [-0.05, 0) is 55.1 Å². The number of hydrogen-bond donors (Lipinski definition) is 1. The van der Waals surface area contributed by atoms with Crippen molar-refractivity contribution in [3.8, 4) is 0 Å². The quantitative estimate of drug-likeness (QED) is 0.795. The maximum Gasteiger partial charge on any atom is 0.243 e. The number of benzene rings is 1. The molecular weight excluding hydrogens is 354 g/mol. The number of rotatable bonds is 5. The predicted octanol–water partition coefficient (Wildman–Crippen LogP) is 2.54. The van der Waals surface area contributed by atoms with E-state index in [4.69, 9.17) is 12.2 Å². The van der Waals surface area contributed by atoms with E-state index in [1.54, 1.807) is 16.4 Å². The Hall–Kier alpha value is -1.18. The molecule has 7 heteroatoms. The van der Waals surface area contributed by atoms with Gasteiger partial charge in [-0.1, -0.05) is 26.0 Å². The van der Waals surface area contributed by atoms with Gasteiger partial charge in [0.15, 0.2) is 5.11 Å². The molecule has 0 radical (unpaired) electrons. The third-order valence-electron chi connectivity index (χ3n) is 5.13. The summed E-state index contributed by atoms with van der Waals surface area (Å²) in [5.74, 6) is 0.445. The van der Waals surface area contributed by atoms with Gasteiger partial charge in [0, 0.05) is 32.2 Å². The Bertz CT molecular complexity index is 706. The molecule has 1 saturated heterocycles. The molecule has 25 heavy (non-hydrogen) atoms. The Morgan fingerprint density at radius 3 is 2.32 bits per heavy atom. The molecule has 1 aliphatic carbocycles. The molecule has 0 amide bonds. The Morgan fingerprint density at radius 2 is 1.80 bits per heavy atom. The number of thiocarbonyl (C=S) groups is 1. The highest BCUT2D eigenvalue weighted by Crippen LogP contribution is 2.23. The van der Waals surface area contributed by atoms with Crippen molar-refractivity contribution in [2.75, 3.05) is 26.2 Å². The molecule has 0 aromatic heterocycles. The Labute approximate surface area is 156 Å². The van der Waals surface area contributed by atoms with Crippen molar-refractivity contribution in [1.29, 1.82) is 0 Å². The molecule has 0 spiro atoms. The highest BCUT2D eigenvalue weighted by atomic mass is 32.2. The smallest absolute Gasteiger partial charge is 0.243 e. The summed E-state index contributed by atoms with van der Waals surface area (Å²) in [6.07, 6.45) is 3.41. The van der Waals surface area contributed by atoms with E-state index in [9.17, 15) is 8.42 Å². The second kappa shape index (κ2) is 7.60. The van der Waals surface area contributed by atoms with Crippen molar-refractivity contribution in [2.45, 2.75) is 50.0 Å². The van der Waals surface area contributed by atoms with Crippen LogP contribution in [-0.2, 0) is 10.0 Å². The van der Waals surface area contributed by atoms with Crippen LogP contribution in [0.2, 0.25) is 0 Å². The van der Waals surface area contributed by atoms with Crippen molar-refractivity contribution < 1.29 is 8.42 Å². The van der Waals surface area contributed by atoms with Crippen LogP contribution in [-0.4, -0.2) is 55.0 Å². The molecular formula is C18H27N3O2S2. The summed E-state index contributed by atoms with van der Waals surface area (Å²) in [5, 5.41) is 4.08. The minimum atomic E-state index is -3.43. The van der Waals surface area contributed by atoms with Gasteiger partial charge in [0.1, 0.15) is 0 Å². The van der Waals surface area contributed by atoms with E-state index in [0.717, 1.165) is 11.5 Å². The summed E-state index contributed by atoms with van der Waals surface area (Å²) >= 11 is 5.41. The molecule has 2 aliphatic rings. The third kappa shape index (κ3) is 4.33. The standard InChI is InChI=1S/C18H27N3O2S2/c1-3-14(2)15-4-8-17(9-5-15)25(22,23)21-12-10-20(11-13-21)18(24)19-16-6-7-16/h4-5,8-9,14,16H,3,6-7,10-13H2,1-2H3,(H,19,24)/t14-/m1/s1. The van der Waals surface area contributed by atoms with Crippen LogP contribution in [0.4, 0.5) is 0 Å². The van der Waals surface area contributed by atoms with Crippen LogP contribution in [0.1, 0.15) is 44.6 Å². The molecule has 138 valence electrons. The van der Waals surface area contributed by atoms with Gasteiger partial charge in [-0.3, -0.25) is 0 Å². The third-order valence-corrected chi connectivity index (χ3v) is 7.42. The monoisotopic (exact) mass is 381 g/mol. The molecule has 1 aliphatic heterocycles. The predicted molar refractivity (Wildman–Crippen MR) is 104 cm³/mol. The van der Waals surface area contributed by atoms with E-state index >= 15 is 0 Å². The van der Waals surface area contributed by atoms with Crippen molar-refractivity contribution in [2.24, 2.45) is 0 Å². The molecule has 1 aromatic rings. The zero-order valence-corrected chi connectivity index (χ0v) is 16.6. The summed E-state index contributed by atoms with van der Waals surface area (Å²) in [4.78, 5) is 2.46. The largest absolute Gasteiger partial charge is 0.360 e. The normalized spacial score (nSPS) is 20.3. The SMILES string of the molecule is CC[C@@H](C)c1ccc(S(=O)(=O)N2CCN(C(=S)NC3CC3)CC2)cc1. The highest BCUT2D eigenvalue weighted by molar-refractivity contribution is 7.89. The molecule has 1 N–H and O–H groups in total. The molecule has 1 heterocycles. The first-order valence-corrected chi connectivity index (χ1v) is 10.9. The molecule has 0 bridgehead atoms. The second-order valence-electron chi connectivity index (χ2n) is 6.99. The van der Waals surface area contributed by atoms with Gasteiger partial charge in [0.25, 0.3) is 0 Å². The van der Waals surface area contributed by atoms with Crippen molar-refractivity contribution in [1.82, 2.24) is 14.5 Å². The average molecular weight is 382 g/mol. The lowest BCUT2D eigenvalue weighted by atomic mass is 9.99. The van der Waals surface area contributed by atoms with E-state index in [0.29, 0.717) is 43.0 Å². The Morgan fingerprint density at radius 1 is 1.20 bits per heavy atom. The van der Waals surface area contributed by atoms with Gasteiger partial charge in [-0.2, -0.15) is 4.31 Å². The fourth-order valence-corrected chi connectivity index (χ4v) is 4.75. The lowest BCUT2D eigenvalue weighted by Gasteiger charge is -2.35. The summed E-state index contributed by atoms with van der Waals surface area (Å²) in [7, 11) is -3.43. The summed E-state index contributed by atoms with van der Waals surface area (Å²) in [6.45, 7) is 6.52. The van der Waals surface area contributed by atoms with Crippen molar-refractivity contribution >= 4 is 27.4 Å². The first kappa shape index (κ1) is 18.6. The first-order valence-electron chi connectivity index (χ1n) is 9.07. The van der Waals surface area contributed by atoms with E-state index < -0.39 is 10.0 Å². The molecule has 3 rings (SSSR count). The van der Waals surface area contributed by atoms with E-state index in [2.05, 4.69) is 24.1 Å². The Kier molecular flexibility index (Phi) is 5.65. The van der Waals surface area contributed by atoms with E-state index in [-0.39, 0.29) is 0 Å². The molecule has 1 atom stereocenters. The molecule has 1 saturated carbocycles. The van der Waals surface area contributed by atoms with E-state index in [1.807, 2.05) is 12.1 Å². The van der Waals surface area contributed by atoms with Gasteiger partial charge in [-0.15, -0.1) is 0 Å². The van der Waals surface area contributed by atoms with Gasteiger partial charge < -0.3 is 10.2 Å².